The Balaban J connectivity index is 0. The molecule has 5 aliphatic rings. The minimum absolute atomic E-state index is 0. The summed E-state index contributed by atoms with van der Waals surface area (Å²) in [6.07, 6.45) is 1.78. The number of aliphatic hydroxyl groups excluding tert-OH is 1. The Kier molecular flexibility index (Phi) is 14.5. The van der Waals surface area contributed by atoms with Gasteiger partial charge in [0.1, 0.15) is 6.61 Å². The van der Waals surface area contributed by atoms with Crippen molar-refractivity contribution in [3.63, 3.8) is 0 Å². The average molecular weight is 589 g/mol. The van der Waals surface area contributed by atoms with Crippen molar-refractivity contribution in [1.82, 2.24) is 0 Å². The maximum Gasteiger partial charge on any atom is 0.317 e. The zero-order valence-electron chi connectivity index (χ0n) is 19.7. The average Bonchev–Trinajstić information content (AvgIpc) is 3.58. The first-order chi connectivity index (χ1) is 16.6. The molecule has 10 heteroatoms. The Morgan fingerprint density at radius 1 is 0.780 bits per heavy atom. The van der Waals surface area contributed by atoms with Gasteiger partial charge in [-0.05, 0) is 66.6 Å². The lowest BCUT2D eigenvalue weighted by molar-refractivity contribution is -0.164. The van der Waals surface area contributed by atoms with Crippen molar-refractivity contribution in [1.29, 1.82) is 0 Å². The van der Waals surface area contributed by atoms with E-state index in [9.17, 15) is 34.2 Å². The van der Waals surface area contributed by atoms with Crippen LogP contribution in [0.5, 0.6) is 0 Å². The summed E-state index contributed by atoms with van der Waals surface area (Å²) in [6, 6.07) is 0. The van der Waals surface area contributed by atoms with Crippen LogP contribution < -0.4 is 0 Å². The number of carbonyl (C=O) groups is 5. The van der Waals surface area contributed by atoms with Gasteiger partial charge in [-0.25, -0.2) is 0 Å². The second kappa shape index (κ2) is 14.6. The van der Waals surface area contributed by atoms with Crippen LogP contribution >= 0.6 is 0 Å². The molecule has 4 aliphatic carbocycles. The SMILES string of the molecule is C.C.C.C.C.C.CC1C(=O)OC(=O)C1C1C2CC(C(C(=O)O)C2C(=O)O)C1C1C2CC(C(=O)OCCO)C(C2)C1C. The van der Waals surface area contributed by atoms with Gasteiger partial charge in [-0.2, -0.15) is 0 Å². The van der Waals surface area contributed by atoms with Gasteiger partial charge in [0.25, 0.3) is 0 Å². The molecule has 0 spiro atoms. The van der Waals surface area contributed by atoms with Crippen LogP contribution in [0.25, 0.3) is 0 Å². The van der Waals surface area contributed by atoms with Crippen molar-refractivity contribution in [3.05, 3.63) is 0 Å². The van der Waals surface area contributed by atoms with Crippen molar-refractivity contribution in [2.75, 3.05) is 13.2 Å². The van der Waals surface area contributed by atoms with Crippen LogP contribution in [0.4, 0.5) is 0 Å². The molecule has 13 unspecified atom stereocenters. The van der Waals surface area contributed by atoms with E-state index in [-0.39, 0.29) is 99.3 Å². The molecule has 5 fully saturated rings. The van der Waals surface area contributed by atoms with Crippen molar-refractivity contribution in [2.45, 2.75) is 77.7 Å². The highest BCUT2D eigenvalue weighted by Crippen LogP contribution is 2.69. The van der Waals surface area contributed by atoms with Crippen molar-refractivity contribution < 1.29 is 48.8 Å². The molecule has 3 N–H and O–H groups in total. The summed E-state index contributed by atoms with van der Waals surface area (Å²) in [5.41, 5.74) is 0. The van der Waals surface area contributed by atoms with Crippen LogP contribution in [-0.2, 0) is 33.4 Å². The monoisotopic (exact) mass is 588 g/mol. The first kappa shape index (κ1) is 40.6. The summed E-state index contributed by atoms with van der Waals surface area (Å²) in [7, 11) is 0. The van der Waals surface area contributed by atoms with Gasteiger partial charge in [0.05, 0.1) is 36.2 Å². The van der Waals surface area contributed by atoms with Crippen LogP contribution in [-0.4, -0.2) is 58.4 Å². The molecule has 1 heterocycles. The van der Waals surface area contributed by atoms with Gasteiger partial charge in [-0.1, -0.05) is 58.4 Å². The number of carbonyl (C=O) groups excluding carboxylic acids is 3. The van der Waals surface area contributed by atoms with Gasteiger partial charge in [-0.15, -0.1) is 0 Å². The molecule has 13 atom stereocenters. The highest BCUT2D eigenvalue weighted by atomic mass is 16.6. The Labute approximate surface area is 246 Å². The highest BCUT2D eigenvalue weighted by Gasteiger charge is 2.70. The second-order valence-corrected chi connectivity index (χ2v) is 11.3. The fourth-order valence-corrected chi connectivity index (χ4v) is 9.24. The number of hydrogen-bond acceptors (Lipinski definition) is 8. The van der Waals surface area contributed by atoms with Gasteiger partial charge in [0.2, 0.25) is 0 Å². The van der Waals surface area contributed by atoms with Crippen LogP contribution in [0.3, 0.4) is 0 Å². The molecule has 4 bridgehead atoms. The molecule has 41 heavy (non-hydrogen) atoms. The summed E-state index contributed by atoms with van der Waals surface area (Å²) >= 11 is 0. The van der Waals surface area contributed by atoms with Gasteiger partial charge in [-0.3, -0.25) is 24.0 Å². The Morgan fingerprint density at radius 3 is 1.76 bits per heavy atom. The molecule has 0 amide bonds. The second-order valence-electron chi connectivity index (χ2n) is 11.3. The summed E-state index contributed by atoms with van der Waals surface area (Å²) in [5.74, 6) is -9.18. The molecule has 1 aliphatic heterocycles. The predicted octanol–water partition coefficient (Wildman–Crippen LogP) is 4.87. The molecule has 0 aromatic rings. The van der Waals surface area contributed by atoms with Crippen LogP contribution in [0.1, 0.15) is 77.7 Å². The number of carboxylic acid groups (broad SMARTS) is 2. The van der Waals surface area contributed by atoms with Crippen LogP contribution in [0.15, 0.2) is 0 Å². The van der Waals surface area contributed by atoms with E-state index in [0.717, 1.165) is 6.42 Å². The van der Waals surface area contributed by atoms with Gasteiger partial charge >= 0.3 is 29.8 Å². The Bertz CT molecular complexity index is 961. The molecule has 5 rings (SSSR count). The summed E-state index contributed by atoms with van der Waals surface area (Å²) in [5, 5.41) is 29.0. The topological polar surface area (TPSA) is 164 Å². The molecular weight excluding hydrogens is 532 g/mol. The van der Waals surface area contributed by atoms with E-state index in [4.69, 9.17) is 14.6 Å². The third-order valence-electron chi connectivity index (χ3n) is 10.2. The van der Waals surface area contributed by atoms with E-state index in [1.54, 1.807) is 6.92 Å². The normalized spacial score (nSPS) is 40.8. The largest absolute Gasteiger partial charge is 0.481 e. The maximum atomic E-state index is 12.8. The fourth-order valence-electron chi connectivity index (χ4n) is 9.24. The molecule has 240 valence electrons. The zero-order valence-corrected chi connectivity index (χ0v) is 19.7. The number of carboxylic acids is 2. The van der Waals surface area contributed by atoms with Gasteiger partial charge < -0.3 is 24.8 Å². The van der Waals surface area contributed by atoms with Crippen LogP contribution in [0.2, 0.25) is 0 Å². The van der Waals surface area contributed by atoms with Crippen LogP contribution in [0, 0.1) is 76.9 Å². The predicted molar refractivity (Wildman–Crippen MR) is 155 cm³/mol. The smallest absolute Gasteiger partial charge is 0.317 e. The molecular formula is C31H56O10. The Morgan fingerprint density at radius 2 is 1.32 bits per heavy atom. The highest BCUT2D eigenvalue weighted by molar-refractivity contribution is 5.96. The number of cyclic esters (lactones) is 2. The van der Waals surface area contributed by atoms with E-state index in [0.29, 0.717) is 12.8 Å². The quantitative estimate of drug-likeness (QED) is 0.276. The van der Waals surface area contributed by atoms with E-state index >= 15 is 0 Å². The number of esters is 3. The molecule has 0 aromatic carbocycles. The first-order valence-electron chi connectivity index (χ1n) is 12.6. The molecule has 0 radical (unpaired) electrons. The molecule has 1 saturated heterocycles. The lowest BCUT2D eigenvalue weighted by Crippen LogP contribution is -2.50. The number of aliphatic carboxylic acids is 2. The first-order valence-corrected chi connectivity index (χ1v) is 12.6. The summed E-state index contributed by atoms with van der Waals surface area (Å²) < 4.78 is 10.1. The minimum atomic E-state index is -1.17. The Hall–Kier alpha value is -2.49. The lowest BCUT2D eigenvalue weighted by atomic mass is 9.55. The lowest BCUT2D eigenvalue weighted by Gasteiger charge is -2.47. The van der Waals surface area contributed by atoms with Crippen molar-refractivity contribution >= 4 is 29.8 Å². The van der Waals surface area contributed by atoms with E-state index < -0.39 is 65.3 Å². The van der Waals surface area contributed by atoms with E-state index in [1.807, 2.05) is 0 Å². The fraction of sp³-hybridized carbons (Fsp3) is 0.839. The van der Waals surface area contributed by atoms with Gasteiger partial charge in [0.15, 0.2) is 0 Å². The number of hydrogen-bond donors (Lipinski definition) is 3. The van der Waals surface area contributed by atoms with Crippen molar-refractivity contribution in [3.8, 4) is 0 Å². The maximum absolute atomic E-state index is 12.8. The van der Waals surface area contributed by atoms with E-state index in [1.165, 1.54) is 0 Å². The molecule has 4 saturated carbocycles. The standard InChI is InChI=1S/C25H32O10.6CH4/c1-8-11-5-10(6-12(11)24(32)34-4-3-26)15(8)17-13-7-14(20(22(29)30)19(13)21(27)28)18(17)16-9(2)23(31)35-25(16)33;;;;;;/h8-20,26H,3-7H2,1-2H3,(H,27,28)(H,29,30);6*1H4. The zero-order chi connectivity index (χ0) is 25.3. The third-order valence-corrected chi connectivity index (χ3v) is 10.2. The number of aliphatic hydroxyl groups is 1. The number of ether oxygens (including phenoxy) is 2. The molecule has 0 aromatic heterocycles. The number of fused-ring (bicyclic) bond motifs is 4. The summed E-state index contributed by atoms with van der Waals surface area (Å²) in [4.78, 5) is 62.1. The molecule has 10 nitrogen and oxygen atoms in total. The number of rotatable bonds is 7. The third kappa shape index (κ3) is 5.90. The summed E-state index contributed by atoms with van der Waals surface area (Å²) in [6.45, 7) is 3.39. The van der Waals surface area contributed by atoms with Crippen molar-refractivity contribution in [2.24, 2.45) is 76.9 Å². The van der Waals surface area contributed by atoms with E-state index in [2.05, 4.69) is 6.92 Å². The van der Waals surface area contributed by atoms with Gasteiger partial charge in [0, 0.05) is 0 Å². The minimum Gasteiger partial charge on any atom is -0.481 e.